The fraction of sp³-hybridized carbons (Fsp3) is 0.500. The minimum Gasteiger partial charge on any atom is -0.398 e. The summed E-state index contributed by atoms with van der Waals surface area (Å²) in [5.41, 5.74) is 8.50. The van der Waals surface area contributed by atoms with Gasteiger partial charge in [-0.05, 0) is 43.0 Å². The van der Waals surface area contributed by atoms with Gasteiger partial charge in [0.05, 0.1) is 12.5 Å². The van der Waals surface area contributed by atoms with E-state index >= 15 is 0 Å². The van der Waals surface area contributed by atoms with E-state index in [4.69, 9.17) is 11.0 Å². The van der Waals surface area contributed by atoms with Gasteiger partial charge in [0.15, 0.2) is 0 Å². The Morgan fingerprint density at radius 2 is 2.29 bits per heavy atom. The number of hydrogen-bond acceptors (Lipinski definition) is 3. The zero-order chi connectivity index (χ0) is 12.3. The van der Waals surface area contributed by atoms with E-state index in [1.165, 1.54) is 19.3 Å². The molecule has 3 nitrogen and oxygen atoms in total. The van der Waals surface area contributed by atoms with Crippen LogP contribution in [0, 0.1) is 17.2 Å². The first-order valence-corrected chi connectivity index (χ1v) is 6.21. The molecule has 1 aliphatic carbocycles. The monoisotopic (exact) mass is 229 g/mol. The summed E-state index contributed by atoms with van der Waals surface area (Å²) in [6.07, 6.45) is 4.37. The van der Waals surface area contributed by atoms with Crippen molar-refractivity contribution in [1.82, 2.24) is 0 Å². The van der Waals surface area contributed by atoms with E-state index in [1.807, 2.05) is 18.2 Å². The van der Waals surface area contributed by atoms with Crippen LogP contribution in [0.5, 0.6) is 0 Å². The highest BCUT2D eigenvalue weighted by Gasteiger charge is 2.23. The standard InChI is InChI=1S/C14H19N3/c1-10(8-11-2-3-11)17-13-4-5-14(16)12(9-13)6-7-15/h4-5,9-11,17H,2-3,6,8,16H2,1H3. The van der Waals surface area contributed by atoms with Crippen molar-refractivity contribution in [2.45, 2.75) is 38.6 Å². The molecule has 1 fully saturated rings. The van der Waals surface area contributed by atoms with E-state index in [-0.39, 0.29) is 0 Å². The molecule has 1 aromatic carbocycles. The number of hydrogen-bond donors (Lipinski definition) is 2. The van der Waals surface area contributed by atoms with Crippen LogP contribution in [-0.4, -0.2) is 6.04 Å². The molecule has 2 rings (SSSR count). The largest absolute Gasteiger partial charge is 0.398 e. The van der Waals surface area contributed by atoms with E-state index in [0.29, 0.717) is 18.2 Å². The lowest BCUT2D eigenvalue weighted by atomic mass is 10.1. The summed E-state index contributed by atoms with van der Waals surface area (Å²) in [7, 11) is 0. The quantitative estimate of drug-likeness (QED) is 0.763. The molecule has 3 heteroatoms. The number of benzene rings is 1. The van der Waals surface area contributed by atoms with Crippen LogP contribution in [0.3, 0.4) is 0 Å². The van der Waals surface area contributed by atoms with Crippen LogP contribution < -0.4 is 11.1 Å². The van der Waals surface area contributed by atoms with Crippen molar-refractivity contribution in [2.24, 2.45) is 5.92 Å². The van der Waals surface area contributed by atoms with E-state index in [1.54, 1.807) is 0 Å². The Balaban J connectivity index is 1.99. The molecular formula is C14H19N3. The first-order chi connectivity index (χ1) is 8.19. The molecule has 90 valence electrons. The third kappa shape index (κ3) is 3.39. The summed E-state index contributed by atoms with van der Waals surface area (Å²) in [6.45, 7) is 2.21. The maximum atomic E-state index is 8.72. The lowest BCUT2D eigenvalue weighted by Crippen LogP contribution is -2.15. The fourth-order valence-electron chi connectivity index (χ4n) is 2.13. The van der Waals surface area contributed by atoms with Crippen molar-refractivity contribution in [2.75, 3.05) is 11.1 Å². The lowest BCUT2D eigenvalue weighted by molar-refractivity contribution is 0.642. The second-order valence-electron chi connectivity index (χ2n) is 4.97. The van der Waals surface area contributed by atoms with Crippen LogP contribution >= 0.6 is 0 Å². The molecule has 0 bridgehead atoms. The highest BCUT2D eigenvalue weighted by Crippen LogP contribution is 2.34. The van der Waals surface area contributed by atoms with Crippen molar-refractivity contribution in [1.29, 1.82) is 5.26 Å². The zero-order valence-corrected chi connectivity index (χ0v) is 10.2. The van der Waals surface area contributed by atoms with Crippen LogP contribution in [0.1, 0.15) is 31.7 Å². The molecule has 0 amide bonds. The van der Waals surface area contributed by atoms with Gasteiger partial charge in [0.2, 0.25) is 0 Å². The third-order valence-electron chi connectivity index (χ3n) is 3.21. The van der Waals surface area contributed by atoms with E-state index in [9.17, 15) is 0 Å². The molecular weight excluding hydrogens is 210 g/mol. The third-order valence-corrected chi connectivity index (χ3v) is 3.21. The van der Waals surface area contributed by atoms with Gasteiger partial charge >= 0.3 is 0 Å². The zero-order valence-electron chi connectivity index (χ0n) is 10.2. The second kappa shape index (κ2) is 5.09. The van der Waals surface area contributed by atoms with Gasteiger partial charge in [-0.15, -0.1) is 0 Å². The van der Waals surface area contributed by atoms with E-state index in [2.05, 4.69) is 18.3 Å². The van der Waals surface area contributed by atoms with Gasteiger partial charge in [-0.3, -0.25) is 0 Å². The molecule has 0 radical (unpaired) electrons. The smallest absolute Gasteiger partial charge is 0.0670 e. The number of nitrogen functional groups attached to an aromatic ring is 1. The summed E-state index contributed by atoms with van der Waals surface area (Å²) < 4.78 is 0. The molecule has 1 aromatic rings. The summed E-state index contributed by atoms with van der Waals surface area (Å²) in [5.74, 6) is 0.921. The van der Waals surface area contributed by atoms with Gasteiger partial charge in [0.1, 0.15) is 0 Å². The van der Waals surface area contributed by atoms with Crippen LogP contribution in [0.2, 0.25) is 0 Å². The highest BCUT2D eigenvalue weighted by molar-refractivity contribution is 5.58. The molecule has 1 atom stereocenters. The van der Waals surface area contributed by atoms with Gasteiger partial charge < -0.3 is 11.1 Å². The Kier molecular flexibility index (Phi) is 3.53. The van der Waals surface area contributed by atoms with Crippen LogP contribution in [0.4, 0.5) is 11.4 Å². The maximum absolute atomic E-state index is 8.72. The predicted octanol–water partition coefficient (Wildman–Crippen LogP) is 2.94. The SMILES string of the molecule is CC(CC1CC1)Nc1ccc(N)c(CC#N)c1. The van der Waals surface area contributed by atoms with E-state index < -0.39 is 0 Å². The van der Waals surface area contributed by atoms with Crippen molar-refractivity contribution < 1.29 is 0 Å². The molecule has 1 unspecified atom stereocenters. The van der Waals surface area contributed by atoms with Crippen LogP contribution in [0.25, 0.3) is 0 Å². The molecule has 17 heavy (non-hydrogen) atoms. The first kappa shape index (κ1) is 11.8. The summed E-state index contributed by atoms with van der Waals surface area (Å²) in [4.78, 5) is 0. The van der Waals surface area contributed by atoms with Crippen LogP contribution in [0.15, 0.2) is 18.2 Å². The van der Waals surface area contributed by atoms with Crippen LogP contribution in [-0.2, 0) is 6.42 Å². The number of nitrogens with two attached hydrogens (primary N) is 1. The fourth-order valence-corrected chi connectivity index (χ4v) is 2.13. The minimum atomic E-state index is 0.373. The van der Waals surface area contributed by atoms with Gasteiger partial charge in [0.25, 0.3) is 0 Å². The molecule has 0 aliphatic heterocycles. The Hall–Kier alpha value is -1.69. The van der Waals surface area contributed by atoms with Gasteiger partial charge in [-0.25, -0.2) is 0 Å². The molecule has 1 aliphatic rings. The normalized spacial score (nSPS) is 16.2. The lowest BCUT2D eigenvalue weighted by Gasteiger charge is -2.16. The second-order valence-corrected chi connectivity index (χ2v) is 4.97. The predicted molar refractivity (Wildman–Crippen MR) is 70.6 cm³/mol. The minimum absolute atomic E-state index is 0.373. The highest BCUT2D eigenvalue weighted by atomic mass is 14.9. The average molecular weight is 229 g/mol. The topological polar surface area (TPSA) is 61.8 Å². The van der Waals surface area contributed by atoms with Crippen molar-refractivity contribution in [3.63, 3.8) is 0 Å². The molecule has 0 spiro atoms. The Bertz CT molecular complexity index is 430. The molecule has 1 saturated carbocycles. The molecule has 0 saturated heterocycles. The molecule has 3 N–H and O–H groups in total. The van der Waals surface area contributed by atoms with E-state index in [0.717, 1.165) is 17.2 Å². The van der Waals surface area contributed by atoms with Crippen molar-refractivity contribution >= 4 is 11.4 Å². The van der Waals surface area contributed by atoms with Gasteiger partial charge in [-0.1, -0.05) is 12.8 Å². The number of anilines is 2. The number of nitriles is 1. The van der Waals surface area contributed by atoms with Gasteiger partial charge in [-0.2, -0.15) is 5.26 Å². The van der Waals surface area contributed by atoms with Crippen molar-refractivity contribution in [3.8, 4) is 6.07 Å². The molecule has 0 aromatic heterocycles. The Morgan fingerprint density at radius 1 is 1.53 bits per heavy atom. The summed E-state index contributed by atoms with van der Waals surface area (Å²) in [5, 5.41) is 12.2. The van der Waals surface area contributed by atoms with Crippen molar-refractivity contribution in [3.05, 3.63) is 23.8 Å². The summed E-state index contributed by atoms with van der Waals surface area (Å²) >= 11 is 0. The number of nitrogens with one attached hydrogen (secondary N) is 1. The summed E-state index contributed by atoms with van der Waals surface area (Å²) in [6, 6.07) is 8.47. The van der Waals surface area contributed by atoms with Gasteiger partial charge in [0, 0.05) is 17.4 Å². The molecule has 0 heterocycles. The maximum Gasteiger partial charge on any atom is 0.0670 e. The number of rotatable bonds is 5. The Labute approximate surface area is 103 Å². The number of nitrogens with zero attached hydrogens (tertiary/aromatic N) is 1. The average Bonchev–Trinajstić information content (AvgIpc) is 3.07. The first-order valence-electron chi connectivity index (χ1n) is 6.21. The Morgan fingerprint density at radius 3 is 2.94 bits per heavy atom.